The van der Waals surface area contributed by atoms with Crippen molar-refractivity contribution in [2.75, 3.05) is 14.2 Å². The van der Waals surface area contributed by atoms with Crippen molar-refractivity contribution in [2.45, 2.75) is 19.7 Å². The molecular formula is C20H22N4O3. The molecule has 3 aromatic rings. The van der Waals surface area contributed by atoms with Crippen LogP contribution in [0.3, 0.4) is 0 Å². The summed E-state index contributed by atoms with van der Waals surface area (Å²) in [5.74, 6) is 0.795. The third kappa shape index (κ3) is 5.31. The lowest BCUT2D eigenvalue weighted by Crippen LogP contribution is -2.26. The molecule has 0 aliphatic rings. The van der Waals surface area contributed by atoms with Crippen LogP contribution < -0.4 is 4.74 Å². The van der Waals surface area contributed by atoms with E-state index in [0.29, 0.717) is 18.8 Å². The summed E-state index contributed by atoms with van der Waals surface area (Å²) in [6.45, 7) is 1.13. The van der Waals surface area contributed by atoms with Gasteiger partial charge in [-0.3, -0.25) is 0 Å². The first-order chi connectivity index (χ1) is 13.1. The van der Waals surface area contributed by atoms with Gasteiger partial charge < -0.3 is 14.4 Å². The van der Waals surface area contributed by atoms with Gasteiger partial charge in [0.1, 0.15) is 18.1 Å². The molecule has 0 atom stereocenters. The summed E-state index contributed by atoms with van der Waals surface area (Å²) in [6.07, 6.45) is 1.37. The van der Waals surface area contributed by atoms with Crippen LogP contribution in [0.25, 0.3) is 0 Å². The van der Waals surface area contributed by atoms with Crippen molar-refractivity contribution < 1.29 is 14.3 Å². The van der Waals surface area contributed by atoms with E-state index < -0.39 is 6.09 Å². The van der Waals surface area contributed by atoms with Crippen LogP contribution in [-0.4, -0.2) is 40.1 Å². The molecule has 0 bridgehead atoms. The fraction of sp³-hybridized carbons (Fsp3) is 0.250. The SMILES string of the molecule is COc1cccc(Cn2cc(COC(=O)N(C)Cc3ccccc3)nn2)c1. The quantitative estimate of drug-likeness (QED) is 0.643. The summed E-state index contributed by atoms with van der Waals surface area (Å²) >= 11 is 0. The van der Waals surface area contributed by atoms with Gasteiger partial charge in [-0.25, -0.2) is 9.48 Å². The fourth-order valence-corrected chi connectivity index (χ4v) is 2.61. The molecule has 0 radical (unpaired) electrons. The Kier molecular flexibility index (Phi) is 6.04. The van der Waals surface area contributed by atoms with Gasteiger partial charge in [0.05, 0.1) is 19.9 Å². The van der Waals surface area contributed by atoms with Crippen LogP contribution in [0.15, 0.2) is 60.8 Å². The lowest BCUT2D eigenvalue weighted by atomic mass is 10.2. The molecule has 27 heavy (non-hydrogen) atoms. The van der Waals surface area contributed by atoms with Crippen LogP contribution in [0.1, 0.15) is 16.8 Å². The fourth-order valence-electron chi connectivity index (χ4n) is 2.61. The molecule has 1 heterocycles. The third-order valence-electron chi connectivity index (χ3n) is 3.98. The Morgan fingerprint density at radius 2 is 1.89 bits per heavy atom. The minimum Gasteiger partial charge on any atom is -0.497 e. The maximum absolute atomic E-state index is 12.1. The number of aromatic nitrogens is 3. The lowest BCUT2D eigenvalue weighted by molar-refractivity contribution is 0.101. The zero-order valence-corrected chi connectivity index (χ0v) is 15.4. The number of rotatable bonds is 7. The normalized spacial score (nSPS) is 10.4. The summed E-state index contributed by atoms with van der Waals surface area (Å²) < 4.78 is 12.2. The predicted octanol–water partition coefficient (Wildman–Crippen LogP) is 3.10. The Labute approximate surface area is 158 Å². The van der Waals surface area contributed by atoms with Gasteiger partial charge in [-0.2, -0.15) is 0 Å². The van der Waals surface area contributed by atoms with Crippen molar-refractivity contribution in [1.82, 2.24) is 19.9 Å². The minimum atomic E-state index is -0.402. The molecule has 7 heteroatoms. The Morgan fingerprint density at radius 1 is 1.11 bits per heavy atom. The predicted molar refractivity (Wildman–Crippen MR) is 100 cm³/mol. The number of benzene rings is 2. The van der Waals surface area contributed by atoms with E-state index in [1.165, 1.54) is 4.90 Å². The highest BCUT2D eigenvalue weighted by Crippen LogP contribution is 2.13. The number of carbonyl (C=O) groups is 1. The molecule has 0 aliphatic carbocycles. The third-order valence-corrected chi connectivity index (χ3v) is 3.98. The zero-order chi connectivity index (χ0) is 19.1. The van der Waals surface area contributed by atoms with Gasteiger partial charge in [0, 0.05) is 13.6 Å². The van der Waals surface area contributed by atoms with Gasteiger partial charge in [-0.15, -0.1) is 5.10 Å². The number of ether oxygens (including phenoxy) is 2. The van der Waals surface area contributed by atoms with Crippen molar-refractivity contribution in [1.29, 1.82) is 0 Å². The zero-order valence-electron chi connectivity index (χ0n) is 15.4. The molecular weight excluding hydrogens is 344 g/mol. The summed E-state index contributed by atoms with van der Waals surface area (Å²) in [6, 6.07) is 17.5. The summed E-state index contributed by atoms with van der Waals surface area (Å²) in [5.41, 5.74) is 2.69. The van der Waals surface area contributed by atoms with Gasteiger partial charge in [0.2, 0.25) is 0 Å². The molecule has 140 valence electrons. The Balaban J connectivity index is 1.50. The Bertz CT molecular complexity index is 880. The number of nitrogens with zero attached hydrogens (tertiary/aromatic N) is 4. The lowest BCUT2D eigenvalue weighted by Gasteiger charge is -2.16. The number of hydrogen-bond acceptors (Lipinski definition) is 5. The molecule has 7 nitrogen and oxygen atoms in total. The molecule has 0 saturated carbocycles. The van der Waals surface area contributed by atoms with Crippen molar-refractivity contribution in [3.05, 3.63) is 77.6 Å². The smallest absolute Gasteiger partial charge is 0.410 e. The highest BCUT2D eigenvalue weighted by Gasteiger charge is 2.12. The number of methoxy groups -OCH3 is 1. The second kappa shape index (κ2) is 8.84. The summed E-state index contributed by atoms with van der Waals surface area (Å²) in [7, 11) is 3.34. The van der Waals surface area contributed by atoms with Gasteiger partial charge >= 0.3 is 6.09 Å². The minimum absolute atomic E-state index is 0.0794. The molecule has 0 fully saturated rings. The topological polar surface area (TPSA) is 69.5 Å². The Hall–Kier alpha value is -3.35. The maximum Gasteiger partial charge on any atom is 0.410 e. The molecule has 0 aliphatic heterocycles. The van der Waals surface area contributed by atoms with Crippen molar-refractivity contribution in [3.8, 4) is 5.75 Å². The number of carbonyl (C=O) groups excluding carboxylic acids is 1. The summed E-state index contributed by atoms with van der Waals surface area (Å²) in [4.78, 5) is 13.6. The van der Waals surface area contributed by atoms with E-state index in [2.05, 4.69) is 10.3 Å². The molecule has 0 unspecified atom stereocenters. The van der Waals surface area contributed by atoms with E-state index in [1.807, 2.05) is 54.6 Å². The highest BCUT2D eigenvalue weighted by molar-refractivity contribution is 5.67. The van der Waals surface area contributed by atoms with Crippen LogP contribution in [0.4, 0.5) is 4.79 Å². The van der Waals surface area contributed by atoms with E-state index in [-0.39, 0.29) is 6.61 Å². The van der Waals surface area contributed by atoms with Gasteiger partial charge in [-0.05, 0) is 23.3 Å². The monoisotopic (exact) mass is 366 g/mol. The van der Waals surface area contributed by atoms with Crippen LogP contribution >= 0.6 is 0 Å². The van der Waals surface area contributed by atoms with Crippen LogP contribution in [0.5, 0.6) is 5.75 Å². The summed E-state index contributed by atoms with van der Waals surface area (Å²) in [5, 5.41) is 8.13. The molecule has 0 saturated heterocycles. The van der Waals surface area contributed by atoms with E-state index >= 15 is 0 Å². The van der Waals surface area contributed by atoms with Gasteiger partial charge in [0.25, 0.3) is 0 Å². The average Bonchev–Trinajstić information content (AvgIpc) is 3.14. The maximum atomic E-state index is 12.1. The standard InChI is InChI=1S/C20H22N4O3/c1-23(12-16-7-4-3-5-8-16)20(25)27-15-18-14-24(22-21-18)13-17-9-6-10-19(11-17)26-2/h3-11,14H,12-13,15H2,1-2H3. The van der Waals surface area contributed by atoms with E-state index in [4.69, 9.17) is 9.47 Å². The number of hydrogen-bond donors (Lipinski definition) is 0. The van der Waals surface area contributed by atoms with E-state index in [1.54, 1.807) is 25.0 Å². The molecule has 0 spiro atoms. The van der Waals surface area contributed by atoms with Crippen molar-refractivity contribution in [2.24, 2.45) is 0 Å². The molecule has 3 rings (SSSR count). The van der Waals surface area contributed by atoms with Gasteiger partial charge in [0.15, 0.2) is 0 Å². The second-order valence-corrected chi connectivity index (χ2v) is 6.16. The second-order valence-electron chi connectivity index (χ2n) is 6.16. The van der Waals surface area contributed by atoms with E-state index in [0.717, 1.165) is 16.9 Å². The highest BCUT2D eigenvalue weighted by atomic mass is 16.6. The molecule has 0 N–H and O–H groups in total. The van der Waals surface area contributed by atoms with Crippen LogP contribution in [0.2, 0.25) is 0 Å². The molecule has 2 aromatic carbocycles. The average molecular weight is 366 g/mol. The van der Waals surface area contributed by atoms with Gasteiger partial charge in [-0.1, -0.05) is 47.7 Å². The van der Waals surface area contributed by atoms with Crippen molar-refractivity contribution >= 4 is 6.09 Å². The van der Waals surface area contributed by atoms with Crippen LogP contribution in [-0.2, 0) is 24.4 Å². The first-order valence-corrected chi connectivity index (χ1v) is 8.58. The first kappa shape index (κ1) is 18.4. The van der Waals surface area contributed by atoms with Crippen molar-refractivity contribution in [3.63, 3.8) is 0 Å². The van der Waals surface area contributed by atoms with Crippen LogP contribution in [0, 0.1) is 0 Å². The largest absolute Gasteiger partial charge is 0.497 e. The first-order valence-electron chi connectivity index (χ1n) is 8.58. The van der Waals surface area contributed by atoms with E-state index in [9.17, 15) is 4.79 Å². The number of amides is 1. The Morgan fingerprint density at radius 3 is 2.67 bits per heavy atom. The molecule has 1 aromatic heterocycles. The molecule has 1 amide bonds.